The number of nitrogens with two attached hydrogens (primary N) is 1. The van der Waals surface area contributed by atoms with Gasteiger partial charge in [-0.25, -0.2) is 0 Å². The Kier molecular flexibility index (Phi) is 10.5. The highest BCUT2D eigenvalue weighted by molar-refractivity contribution is 5.28. The van der Waals surface area contributed by atoms with Gasteiger partial charge >= 0.3 is 0 Å². The van der Waals surface area contributed by atoms with E-state index in [4.69, 9.17) is 38.9 Å². The van der Waals surface area contributed by atoms with E-state index in [1.807, 2.05) is 72.8 Å². The van der Waals surface area contributed by atoms with Gasteiger partial charge in [-0.2, -0.15) is 0 Å². The molecule has 0 bridgehead atoms. The van der Waals surface area contributed by atoms with Crippen LogP contribution in [0.4, 0.5) is 0 Å². The van der Waals surface area contributed by atoms with Crippen LogP contribution in [-0.4, -0.2) is 63.7 Å². The molecule has 0 aliphatic carbocycles. The Morgan fingerprint density at radius 1 is 0.641 bits per heavy atom. The van der Waals surface area contributed by atoms with Gasteiger partial charge < -0.3 is 44.0 Å². The van der Waals surface area contributed by atoms with Crippen molar-refractivity contribution in [2.45, 2.75) is 50.5 Å². The van der Waals surface area contributed by atoms with Crippen molar-refractivity contribution in [1.29, 1.82) is 0 Å². The summed E-state index contributed by atoms with van der Waals surface area (Å²) in [6.45, 7) is 1.09. The Morgan fingerprint density at radius 3 is 1.49 bits per heavy atom. The minimum atomic E-state index is -1.23. The van der Waals surface area contributed by atoms with E-state index in [0.29, 0.717) is 6.61 Å². The lowest BCUT2D eigenvalue weighted by molar-refractivity contribution is -0.273. The molecule has 9 nitrogen and oxygen atoms in total. The van der Waals surface area contributed by atoms with Crippen molar-refractivity contribution in [3.05, 3.63) is 89.5 Å². The first-order chi connectivity index (χ1) is 19.0. The third kappa shape index (κ3) is 7.92. The molecule has 0 radical (unpaired) electrons. The maximum atomic E-state index is 10.6. The van der Waals surface area contributed by atoms with E-state index in [2.05, 4.69) is 0 Å². The van der Waals surface area contributed by atoms with E-state index in [-0.39, 0.29) is 19.8 Å². The normalized spacial score (nSPS) is 22.8. The van der Waals surface area contributed by atoms with Crippen molar-refractivity contribution in [3.63, 3.8) is 0 Å². The molecule has 3 aromatic carbocycles. The molecule has 9 heteroatoms. The van der Waals surface area contributed by atoms with E-state index in [0.717, 1.165) is 33.9 Å². The first kappa shape index (κ1) is 28.8. The van der Waals surface area contributed by atoms with Gasteiger partial charge in [-0.1, -0.05) is 36.4 Å². The van der Waals surface area contributed by atoms with Gasteiger partial charge in [0.2, 0.25) is 0 Å². The summed E-state index contributed by atoms with van der Waals surface area (Å²) in [5.74, 6) is 2.29. The molecule has 0 spiro atoms. The zero-order valence-corrected chi connectivity index (χ0v) is 22.5. The van der Waals surface area contributed by atoms with Crippen LogP contribution in [0, 0.1) is 0 Å². The van der Waals surface area contributed by atoms with Crippen LogP contribution in [-0.2, 0) is 38.8 Å². The van der Waals surface area contributed by atoms with E-state index in [9.17, 15) is 5.11 Å². The molecule has 4 rings (SSSR count). The van der Waals surface area contributed by atoms with Crippen LogP contribution >= 0.6 is 0 Å². The number of aliphatic hydroxyl groups excluding tert-OH is 1. The van der Waals surface area contributed by atoms with Crippen molar-refractivity contribution < 1.29 is 38.3 Å². The Hall–Kier alpha value is -3.18. The zero-order chi connectivity index (χ0) is 27.6. The Bertz CT molecular complexity index is 1120. The summed E-state index contributed by atoms with van der Waals surface area (Å²) in [5.41, 5.74) is 9.23. The van der Waals surface area contributed by atoms with Gasteiger partial charge in [0.1, 0.15) is 35.6 Å². The summed E-state index contributed by atoms with van der Waals surface area (Å²) >= 11 is 0. The average Bonchev–Trinajstić information content (AvgIpc) is 2.98. The number of hydrogen-bond acceptors (Lipinski definition) is 9. The second-order valence-electron chi connectivity index (χ2n) is 9.25. The lowest BCUT2D eigenvalue weighted by atomic mass is 9.97. The van der Waals surface area contributed by atoms with Crippen LogP contribution in [0.5, 0.6) is 17.2 Å². The van der Waals surface area contributed by atoms with Crippen molar-refractivity contribution >= 4 is 0 Å². The molecular weight excluding hydrogens is 502 g/mol. The highest BCUT2D eigenvalue weighted by atomic mass is 16.7. The van der Waals surface area contributed by atoms with Gasteiger partial charge in [0.05, 0.1) is 53.8 Å². The predicted octanol–water partition coefficient (Wildman–Crippen LogP) is 3.44. The average molecular weight is 540 g/mol. The number of hydrogen-bond donors (Lipinski definition) is 2. The van der Waals surface area contributed by atoms with Gasteiger partial charge in [0.15, 0.2) is 6.29 Å². The standard InChI is InChI=1S/C30H37NO8/c1-33-23-10-4-20(5-11-23)16-36-19-26-28(37-17-21-6-12-24(34-2)13-7-21)29(27(31)30(32)39-26)38-18-22-8-14-25(35-3)15-9-22/h4-15,26-30,32H,16-19,31H2,1-3H3/t26?,27?,28-,29-,30?/m1/s1. The zero-order valence-electron chi connectivity index (χ0n) is 22.5. The quantitative estimate of drug-likeness (QED) is 0.337. The Balaban J connectivity index is 1.46. The largest absolute Gasteiger partial charge is 0.497 e. The summed E-state index contributed by atoms with van der Waals surface area (Å²) in [6.07, 6.45) is -3.10. The minimum absolute atomic E-state index is 0.172. The monoisotopic (exact) mass is 539 g/mol. The lowest BCUT2D eigenvalue weighted by Gasteiger charge is -2.43. The van der Waals surface area contributed by atoms with Crippen LogP contribution in [0.3, 0.4) is 0 Å². The first-order valence-corrected chi connectivity index (χ1v) is 12.8. The molecule has 0 saturated carbocycles. The summed E-state index contributed by atoms with van der Waals surface area (Å²) < 4.78 is 40.2. The number of methoxy groups -OCH3 is 3. The van der Waals surface area contributed by atoms with Gasteiger partial charge in [0.25, 0.3) is 0 Å². The van der Waals surface area contributed by atoms with Crippen LogP contribution in [0.15, 0.2) is 72.8 Å². The van der Waals surface area contributed by atoms with Crippen LogP contribution in [0.2, 0.25) is 0 Å². The van der Waals surface area contributed by atoms with Gasteiger partial charge in [-0.05, 0) is 53.1 Å². The van der Waals surface area contributed by atoms with Crippen molar-refractivity contribution in [2.24, 2.45) is 5.73 Å². The molecule has 1 saturated heterocycles. The molecule has 3 aromatic rings. The summed E-state index contributed by atoms with van der Waals surface area (Å²) in [6, 6.07) is 22.0. The van der Waals surface area contributed by atoms with Crippen molar-refractivity contribution in [3.8, 4) is 17.2 Å². The van der Waals surface area contributed by atoms with Crippen LogP contribution < -0.4 is 19.9 Å². The molecule has 39 heavy (non-hydrogen) atoms. The molecule has 0 aromatic heterocycles. The van der Waals surface area contributed by atoms with Gasteiger partial charge in [-0.3, -0.25) is 0 Å². The van der Waals surface area contributed by atoms with E-state index < -0.39 is 30.6 Å². The van der Waals surface area contributed by atoms with Gasteiger partial charge in [-0.15, -0.1) is 0 Å². The fourth-order valence-corrected chi connectivity index (χ4v) is 4.33. The van der Waals surface area contributed by atoms with Crippen molar-refractivity contribution in [2.75, 3.05) is 27.9 Å². The minimum Gasteiger partial charge on any atom is -0.497 e. The molecule has 1 fully saturated rings. The number of rotatable bonds is 13. The second kappa shape index (κ2) is 14.3. The summed E-state index contributed by atoms with van der Waals surface area (Å²) in [4.78, 5) is 0. The fourth-order valence-electron chi connectivity index (χ4n) is 4.33. The van der Waals surface area contributed by atoms with E-state index in [1.54, 1.807) is 21.3 Å². The Labute approximate surface area is 229 Å². The topological polar surface area (TPSA) is 111 Å². The summed E-state index contributed by atoms with van der Waals surface area (Å²) in [5, 5.41) is 10.6. The third-order valence-electron chi connectivity index (χ3n) is 6.63. The molecule has 5 atom stereocenters. The lowest BCUT2D eigenvalue weighted by Crippen LogP contribution is -2.63. The molecule has 3 N–H and O–H groups in total. The van der Waals surface area contributed by atoms with Crippen LogP contribution in [0.1, 0.15) is 16.7 Å². The molecular formula is C30H37NO8. The second-order valence-corrected chi connectivity index (χ2v) is 9.25. The predicted molar refractivity (Wildman–Crippen MR) is 145 cm³/mol. The van der Waals surface area contributed by atoms with E-state index in [1.165, 1.54) is 0 Å². The molecule has 1 heterocycles. The SMILES string of the molecule is COc1ccc(COCC2OC(O)C(N)[C@@H](OCc3ccc(OC)cc3)[C@@H]2OCc2ccc(OC)cc2)cc1. The number of ether oxygens (including phenoxy) is 7. The van der Waals surface area contributed by atoms with E-state index >= 15 is 0 Å². The van der Waals surface area contributed by atoms with Crippen LogP contribution in [0.25, 0.3) is 0 Å². The van der Waals surface area contributed by atoms with Crippen molar-refractivity contribution in [1.82, 2.24) is 0 Å². The number of aliphatic hydroxyl groups is 1. The first-order valence-electron chi connectivity index (χ1n) is 12.8. The fraction of sp³-hybridized carbons (Fsp3) is 0.400. The molecule has 210 valence electrons. The highest BCUT2D eigenvalue weighted by Crippen LogP contribution is 2.27. The molecule has 1 aliphatic heterocycles. The molecule has 1 aliphatic rings. The summed E-state index contributed by atoms with van der Waals surface area (Å²) in [7, 11) is 4.87. The Morgan fingerprint density at radius 2 is 1.05 bits per heavy atom. The maximum Gasteiger partial charge on any atom is 0.173 e. The third-order valence-corrected chi connectivity index (χ3v) is 6.63. The smallest absolute Gasteiger partial charge is 0.173 e. The van der Waals surface area contributed by atoms with Gasteiger partial charge in [0, 0.05) is 0 Å². The molecule has 3 unspecified atom stereocenters. The molecule has 0 amide bonds. The number of benzene rings is 3. The maximum absolute atomic E-state index is 10.6. The highest BCUT2D eigenvalue weighted by Gasteiger charge is 2.45.